The predicted octanol–water partition coefficient (Wildman–Crippen LogP) is 4.12. The third-order valence-corrected chi connectivity index (χ3v) is 5.06. The zero-order valence-electron chi connectivity index (χ0n) is 16.5. The Hall–Kier alpha value is -3.17. The molecule has 0 radical (unpaired) electrons. The Kier molecular flexibility index (Phi) is 5.56. The number of benzene rings is 2. The average molecular weight is 444 g/mol. The summed E-state index contributed by atoms with van der Waals surface area (Å²) < 4.78 is 18.3. The van der Waals surface area contributed by atoms with E-state index in [0.717, 1.165) is 11.1 Å². The van der Waals surface area contributed by atoms with Gasteiger partial charge in [-0.3, -0.25) is 0 Å². The maximum absolute atomic E-state index is 6.01. The summed E-state index contributed by atoms with van der Waals surface area (Å²) in [5.41, 5.74) is 2.96. The van der Waals surface area contributed by atoms with Crippen LogP contribution in [0.4, 0.5) is 0 Å². The largest absolute Gasteiger partial charge is 0.493 e. The smallest absolute Gasteiger partial charge is 0.216 e. The lowest BCUT2D eigenvalue weighted by molar-refractivity contribution is 0.324. The van der Waals surface area contributed by atoms with E-state index in [1.165, 1.54) is 0 Å². The third-order valence-electron chi connectivity index (χ3n) is 4.54. The lowest BCUT2D eigenvalue weighted by atomic mass is 10.1. The van der Waals surface area contributed by atoms with Crippen LogP contribution in [0, 0.1) is 4.77 Å². The number of fused-ring (bicyclic) bond motifs is 1. The van der Waals surface area contributed by atoms with Crippen LogP contribution in [0.5, 0.6) is 17.2 Å². The van der Waals surface area contributed by atoms with E-state index in [9.17, 15) is 0 Å². The molecule has 2 aromatic heterocycles. The maximum Gasteiger partial charge on any atom is 0.216 e. The van der Waals surface area contributed by atoms with Crippen molar-refractivity contribution in [3.8, 4) is 28.6 Å². The number of ether oxygens (including phenoxy) is 3. The van der Waals surface area contributed by atoms with Crippen molar-refractivity contribution in [2.45, 2.75) is 6.42 Å². The Morgan fingerprint density at radius 1 is 1.03 bits per heavy atom. The van der Waals surface area contributed by atoms with Gasteiger partial charge in [0.05, 0.1) is 27.0 Å². The lowest BCUT2D eigenvalue weighted by Crippen LogP contribution is -2.05. The van der Waals surface area contributed by atoms with Crippen LogP contribution in [-0.4, -0.2) is 46.1 Å². The van der Waals surface area contributed by atoms with Gasteiger partial charge >= 0.3 is 0 Å². The van der Waals surface area contributed by atoms with Gasteiger partial charge in [-0.2, -0.15) is 9.61 Å². The first kappa shape index (κ1) is 20.1. The van der Waals surface area contributed by atoms with Crippen LogP contribution in [0.1, 0.15) is 11.3 Å². The van der Waals surface area contributed by atoms with Crippen LogP contribution in [-0.2, 0) is 6.42 Å². The molecule has 0 saturated carbocycles. The Morgan fingerprint density at radius 3 is 2.30 bits per heavy atom. The summed E-state index contributed by atoms with van der Waals surface area (Å²) in [5, 5.41) is 12.2. The van der Waals surface area contributed by atoms with E-state index >= 15 is 0 Å². The molecule has 0 fully saturated rings. The number of halogens is 1. The fourth-order valence-corrected chi connectivity index (χ4v) is 3.44. The molecule has 2 heterocycles. The fraction of sp³-hybridized carbons (Fsp3) is 0.200. The van der Waals surface area contributed by atoms with Gasteiger partial charge in [-0.1, -0.05) is 11.6 Å². The average Bonchev–Trinajstić information content (AvgIpc) is 3.14. The molecule has 0 aliphatic heterocycles. The molecule has 30 heavy (non-hydrogen) atoms. The highest BCUT2D eigenvalue weighted by atomic mass is 35.5. The summed E-state index contributed by atoms with van der Waals surface area (Å²) in [7, 11) is 4.73. The minimum absolute atomic E-state index is 0.383. The fourth-order valence-electron chi connectivity index (χ4n) is 3.14. The van der Waals surface area contributed by atoms with Crippen LogP contribution in [0.15, 0.2) is 36.4 Å². The molecule has 154 valence electrons. The number of methoxy groups -OCH3 is 3. The van der Waals surface area contributed by atoms with Gasteiger partial charge in [0.1, 0.15) is 0 Å². The summed E-state index contributed by atoms with van der Waals surface area (Å²) in [6.07, 6.45) is 0.447. The van der Waals surface area contributed by atoms with Crippen LogP contribution >= 0.6 is 23.8 Å². The number of rotatable bonds is 6. The Balaban J connectivity index is 1.85. The second-order valence-corrected chi connectivity index (χ2v) is 7.19. The topological polar surface area (TPSA) is 86.6 Å². The predicted molar refractivity (Wildman–Crippen MR) is 115 cm³/mol. The molecule has 8 nitrogen and oxygen atoms in total. The van der Waals surface area contributed by atoms with Gasteiger partial charge in [-0.05, 0) is 54.2 Å². The summed E-state index contributed by atoms with van der Waals surface area (Å²) in [5.74, 6) is 2.17. The molecule has 1 N–H and O–H groups in total. The quantitative estimate of drug-likeness (QED) is 0.448. The molecule has 0 unspecified atom stereocenters. The van der Waals surface area contributed by atoms with Crippen molar-refractivity contribution in [3.63, 3.8) is 0 Å². The molecule has 0 amide bonds. The van der Waals surface area contributed by atoms with E-state index in [1.54, 1.807) is 38.0 Å². The number of nitrogens with one attached hydrogen (secondary N) is 1. The number of aromatic amines is 1. The van der Waals surface area contributed by atoms with Gasteiger partial charge in [0.25, 0.3) is 0 Å². The summed E-state index contributed by atoms with van der Waals surface area (Å²) >= 11 is 11.3. The summed E-state index contributed by atoms with van der Waals surface area (Å²) in [4.78, 5) is 4.75. The molecule has 4 rings (SSSR count). The van der Waals surface area contributed by atoms with Crippen LogP contribution in [0.2, 0.25) is 5.02 Å². The molecule has 2 aromatic carbocycles. The van der Waals surface area contributed by atoms with Crippen LogP contribution < -0.4 is 14.2 Å². The van der Waals surface area contributed by atoms with E-state index in [-0.39, 0.29) is 0 Å². The molecule has 4 aromatic rings. The van der Waals surface area contributed by atoms with Crippen molar-refractivity contribution in [3.05, 3.63) is 57.4 Å². The van der Waals surface area contributed by atoms with Gasteiger partial charge < -0.3 is 14.2 Å². The highest BCUT2D eigenvalue weighted by molar-refractivity contribution is 7.71. The first-order valence-electron chi connectivity index (χ1n) is 8.93. The SMILES string of the molecule is COc1cc(Cc2nc(-c3ccc(Cl)cc3)nn3c(=S)[nH]nc23)cc(OC)c1OC. The zero-order chi connectivity index (χ0) is 21.3. The molecule has 0 spiro atoms. The van der Waals surface area contributed by atoms with Crippen molar-refractivity contribution >= 4 is 29.5 Å². The van der Waals surface area contributed by atoms with Crippen molar-refractivity contribution < 1.29 is 14.2 Å². The molecule has 0 atom stereocenters. The number of H-pyrrole nitrogens is 1. The summed E-state index contributed by atoms with van der Waals surface area (Å²) in [6, 6.07) is 11.1. The molecule has 0 saturated heterocycles. The minimum atomic E-state index is 0.383. The first-order chi connectivity index (χ1) is 14.5. The zero-order valence-corrected chi connectivity index (χ0v) is 18.0. The van der Waals surface area contributed by atoms with E-state index < -0.39 is 0 Å². The third kappa shape index (κ3) is 3.69. The van der Waals surface area contributed by atoms with Crippen LogP contribution in [0.25, 0.3) is 17.0 Å². The van der Waals surface area contributed by atoms with Crippen molar-refractivity contribution in [2.75, 3.05) is 21.3 Å². The molecule has 0 aliphatic carbocycles. The monoisotopic (exact) mass is 443 g/mol. The van der Waals surface area contributed by atoms with E-state index in [0.29, 0.717) is 50.6 Å². The van der Waals surface area contributed by atoms with Crippen LogP contribution in [0.3, 0.4) is 0 Å². The van der Waals surface area contributed by atoms with Crippen molar-refractivity contribution in [2.24, 2.45) is 0 Å². The van der Waals surface area contributed by atoms with E-state index in [4.69, 9.17) is 43.0 Å². The van der Waals surface area contributed by atoms with E-state index in [1.807, 2.05) is 24.3 Å². The summed E-state index contributed by atoms with van der Waals surface area (Å²) in [6.45, 7) is 0. The highest BCUT2D eigenvalue weighted by Gasteiger charge is 2.17. The number of hydrogen-bond acceptors (Lipinski definition) is 7. The molecular weight excluding hydrogens is 426 g/mol. The van der Waals surface area contributed by atoms with Gasteiger partial charge in [0, 0.05) is 17.0 Å². The standard InChI is InChI=1S/C20H18ClN5O3S/c1-27-15-9-11(10-16(28-2)17(15)29-3)8-14-19-23-24-20(30)26(19)25-18(22-14)12-4-6-13(21)7-5-12/h4-7,9-10H,8H2,1-3H3,(H,24,30). The molecule has 10 heteroatoms. The van der Waals surface area contributed by atoms with E-state index in [2.05, 4.69) is 15.3 Å². The first-order valence-corrected chi connectivity index (χ1v) is 9.71. The Morgan fingerprint density at radius 2 is 1.70 bits per heavy atom. The molecule has 0 aliphatic rings. The Labute approximate surface area is 182 Å². The van der Waals surface area contributed by atoms with Gasteiger partial charge in [0.15, 0.2) is 23.0 Å². The van der Waals surface area contributed by atoms with Gasteiger partial charge in [-0.25, -0.2) is 10.1 Å². The number of hydrogen-bond donors (Lipinski definition) is 1. The normalized spacial score (nSPS) is 10.9. The second-order valence-electron chi connectivity index (χ2n) is 6.36. The minimum Gasteiger partial charge on any atom is -0.493 e. The maximum atomic E-state index is 6.01. The second kappa shape index (κ2) is 8.29. The number of nitrogens with zero attached hydrogens (tertiary/aromatic N) is 4. The van der Waals surface area contributed by atoms with Crippen molar-refractivity contribution in [1.29, 1.82) is 0 Å². The van der Waals surface area contributed by atoms with Gasteiger partial charge in [0.2, 0.25) is 10.5 Å². The van der Waals surface area contributed by atoms with Crippen molar-refractivity contribution in [1.82, 2.24) is 24.8 Å². The highest BCUT2D eigenvalue weighted by Crippen LogP contribution is 2.38. The molecule has 0 bridgehead atoms. The molecular formula is C20H18ClN5O3S. The lowest BCUT2D eigenvalue weighted by Gasteiger charge is -2.14. The number of aromatic nitrogens is 5. The Bertz CT molecular complexity index is 1240. The van der Waals surface area contributed by atoms with Gasteiger partial charge in [-0.15, -0.1) is 5.10 Å².